The van der Waals surface area contributed by atoms with Gasteiger partial charge in [0.1, 0.15) is 0 Å². The van der Waals surface area contributed by atoms with E-state index >= 15 is 0 Å². The molecule has 1 nitrogen and oxygen atoms in total. The van der Waals surface area contributed by atoms with Gasteiger partial charge in [0.15, 0.2) is 0 Å². The molecule has 2 aliphatic rings. The van der Waals surface area contributed by atoms with Gasteiger partial charge in [-0.25, -0.2) is 0 Å². The van der Waals surface area contributed by atoms with Crippen LogP contribution in [0.15, 0.2) is 0 Å². The van der Waals surface area contributed by atoms with Crippen LogP contribution in [0.25, 0.3) is 0 Å². The van der Waals surface area contributed by atoms with Gasteiger partial charge in [0.2, 0.25) is 0 Å². The fourth-order valence-corrected chi connectivity index (χ4v) is 1.81. The molecule has 60 valence electrons. The quantitative estimate of drug-likeness (QED) is 0.473. The summed E-state index contributed by atoms with van der Waals surface area (Å²) in [6, 6.07) is 1.02. The van der Waals surface area contributed by atoms with E-state index < -0.39 is 0 Å². The molecule has 0 saturated carbocycles. The summed E-state index contributed by atoms with van der Waals surface area (Å²) in [6.07, 6.45) is 5.91. The molecule has 0 aromatic rings. The van der Waals surface area contributed by atoms with Gasteiger partial charge in [-0.15, -0.1) is 0 Å². The molecular formula is C8H16IN. The normalized spacial score (nSPS) is 31.2. The van der Waals surface area contributed by atoms with Crippen molar-refractivity contribution in [2.75, 3.05) is 18.0 Å². The van der Waals surface area contributed by atoms with Gasteiger partial charge in [-0.05, 0) is 37.3 Å². The minimum atomic E-state index is 1.02. The highest BCUT2D eigenvalue weighted by Crippen LogP contribution is 2.26. The van der Waals surface area contributed by atoms with Gasteiger partial charge in [-0.2, -0.15) is 0 Å². The van der Waals surface area contributed by atoms with Crippen molar-refractivity contribution in [3.8, 4) is 0 Å². The molecule has 0 amide bonds. The molecule has 0 bridgehead atoms. The molecule has 0 radical (unpaired) electrons. The van der Waals surface area contributed by atoms with Crippen LogP contribution in [0.1, 0.15) is 25.7 Å². The molecule has 0 spiro atoms. The third-order valence-corrected chi connectivity index (χ3v) is 2.50. The molecule has 10 heavy (non-hydrogen) atoms. The van der Waals surface area contributed by atoms with Crippen LogP contribution in [-0.4, -0.2) is 29.0 Å². The lowest BCUT2D eigenvalue weighted by molar-refractivity contribution is 0.0549. The number of rotatable bonds is 0. The third kappa shape index (κ3) is 1.84. The highest BCUT2D eigenvalue weighted by molar-refractivity contribution is 14.1. The van der Waals surface area contributed by atoms with Crippen LogP contribution in [0.4, 0.5) is 0 Å². The summed E-state index contributed by atoms with van der Waals surface area (Å²) in [5.41, 5.74) is 0. The van der Waals surface area contributed by atoms with Crippen molar-refractivity contribution in [2.45, 2.75) is 31.7 Å². The van der Waals surface area contributed by atoms with Crippen molar-refractivity contribution in [3.05, 3.63) is 0 Å². The van der Waals surface area contributed by atoms with Gasteiger partial charge in [0, 0.05) is 6.04 Å². The first-order valence-corrected chi connectivity index (χ1v) is 6.24. The zero-order chi connectivity index (χ0) is 7.40. The Hall–Kier alpha value is 0.690. The number of hydrogen-bond donors (Lipinski definition) is 0. The van der Waals surface area contributed by atoms with E-state index in [0.717, 1.165) is 6.04 Å². The second-order valence-electron chi connectivity index (χ2n) is 2.97. The van der Waals surface area contributed by atoms with E-state index in [1.165, 1.54) is 38.8 Å². The lowest BCUT2D eigenvalue weighted by Crippen LogP contribution is -2.50. The summed E-state index contributed by atoms with van der Waals surface area (Å²) in [6.45, 7) is 2.79. The summed E-state index contributed by atoms with van der Waals surface area (Å²) in [4.78, 5) is 4.58. The van der Waals surface area contributed by atoms with E-state index in [2.05, 4.69) is 27.5 Å². The number of halogens is 1. The van der Waals surface area contributed by atoms with Crippen LogP contribution < -0.4 is 0 Å². The third-order valence-electron chi connectivity index (χ3n) is 2.50. The lowest BCUT2D eigenvalue weighted by Gasteiger charge is -2.44. The Bertz CT molecular complexity index is 83.3. The van der Waals surface area contributed by atoms with Gasteiger partial charge in [-0.1, -0.05) is 29.0 Å². The summed E-state index contributed by atoms with van der Waals surface area (Å²) in [5.74, 6) is 0. The molecule has 2 aliphatic heterocycles. The highest BCUT2D eigenvalue weighted by atomic mass is 127. The van der Waals surface area contributed by atoms with Crippen LogP contribution in [0.2, 0.25) is 0 Å². The molecule has 0 aliphatic carbocycles. The van der Waals surface area contributed by atoms with E-state index in [1.54, 1.807) is 0 Å². The van der Waals surface area contributed by atoms with E-state index in [4.69, 9.17) is 0 Å². The topological polar surface area (TPSA) is 3.24 Å². The van der Waals surface area contributed by atoms with Gasteiger partial charge < -0.3 is 4.90 Å². The predicted molar refractivity (Wildman–Crippen MR) is 53.8 cm³/mol. The van der Waals surface area contributed by atoms with Gasteiger partial charge in [0.25, 0.3) is 0 Å². The average Bonchev–Trinajstić information content (AvgIpc) is 1.96. The number of fused-ring (bicyclic) bond motifs is 1. The summed E-state index contributed by atoms with van der Waals surface area (Å²) in [7, 11) is 0. The maximum atomic E-state index is 2.61. The molecule has 1 atom stereocenters. The maximum Gasteiger partial charge on any atom is 0.0107 e. The molecule has 2 heteroatoms. The van der Waals surface area contributed by atoms with Crippen molar-refractivity contribution in [3.63, 3.8) is 0 Å². The molecule has 2 saturated heterocycles. The Balaban J connectivity index is 0.000000231. The van der Waals surface area contributed by atoms with Crippen molar-refractivity contribution >= 4 is 22.6 Å². The molecule has 0 N–H and O–H groups in total. The molecule has 0 aromatic carbocycles. The molecular weight excluding hydrogens is 237 g/mol. The van der Waals surface area contributed by atoms with E-state index in [9.17, 15) is 0 Å². The van der Waals surface area contributed by atoms with Gasteiger partial charge in [0.05, 0.1) is 0 Å². The van der Waals surface area contributed by atoms with Crippen molar-refractivity contribution in [1.29, 1.82) is 0 Å². The fraction of sp³-hybridized carbons (Fsp3) is 1.00. The number of nitrogens with zero attached hydrogens (tertiary/aromatic N) is 1. The van der Waals surface area contributed by atoms with E-state index in [-0.39, 0.29) is 0 Å². The minimum absolute atomic E-state index is 1.02. The van der Waals surface area contributed by atoms with Gasteiger partial charge >= 0.3 is 0 Å². The van der Waals surface area contributed by atoms with Gasteiger partial charge in [-0.3, -0.25) is 0 Å². The zero-order valence-electron chi connectivity index (χ0n) is 6.65. The van der Waals surface area contributed by atoms with E-state index in [1.807, 2.05) is 4.93 Å². The first-order valence-electron chi connectivity index (χ1n) is 4.09. The minimum Gasteiger partial charge on any atom is -0.300 e. The van der Waals surface area contributed by atoms with E-state index in [0.29, 0.717) is 0 Å². The highest BCUT2D eigenvalue weighted by Gasteiger charge is 2.29. The summed E-state index contributed by atoms with van der Waals surface area (Å²) >= 11 is 2.15. The van der Waals surface area contributed by atoms with Crippen molar-refractivity contribution in [1.82, 2.24) is 4.90 Å². The van der Waals surface area contributed by atoms with Crippen molar-refractivity contribution in [2.24, 2.45) is 0 Å². The first kappa shape index (κ1) is 8.78. The molecule has 2 heterocycles. The van der Waals surface area contributed by atoms with Crippen LogP contribution in [-0.2, 0) is 0 Å². The zero-order valence-corrected chi connectivity index (χ0v) is 8.80. The van der Waals surface area contributed by atoms with Crippen LogP contribution in [0.3, 0.4) is 0 Å². The molecule has 2 rings (SSSR count). The fourth-order valence-electron chi connectivity index (χ4n) is 1.81. The Morgan fingerprint density at radius 2 is 1.90 bits per heavy atom. The number of hydrogen-bond acceptors (Lipinski definition) is 1. The average molecular weight is 253 g/mol. The van der Waals surface area contributed by atoms with Crippen LogP contribution in [0, 0.1) is 0 Å². The smallest absolute Gasteiger partial charge is 0.0107 e. The Kier molecular flexibility index (Phi) is 3.99. The lowest BCUT2D eigenvalue weighted by atomic mass is 9.92. The Morgan fingerprint density at radius 1 is 1.10 bits per heavy atom. The molecule has 0 aromatic heterocycles. The van der Waals surface area contributed by atoms with Crippen molar-refractivity contribution < 1.29 is 0 Å². The molecule has 1 unspecified atom stereocenters. The number of alkyl halides is 1. The molecule has 2 fully saturated rings. The first-order chi connectivity index (χ1) is 4.97. The summed E-state index contributed by atoms with van der Waals surface area (Å²) in [5, 5.41) is 0. The summed E-state index contributed by atoms with van der Waals surface area (Å²) < 4.78 is 0. The van der Waals surface area contributed by atoms with Crippen LogP contribution in [0.5, 0.6) is 0 Å². The predicted octanol–water partition coefficient (Wildman–Crippen LogP) is 2.30. The monoisotopic (exact) mass is 253 g/mol. The Labute approximate surface area is 77.3 Å². The van der Waals surface area contributed by atoms with Crippen LogP contribution >= 0.6 is 22.6 Å². The number of piperidine rings is 1. The standard InChI is InChI=1S/C7H13N.CH3I/c1-2-5-8-6-4-7(8)3-1;1-2/h7H,1-6H2;1H3. The second kappa shape index (κ2) is 4.54. The largest absolute Gasteiger partial charge is 0.300 e. The second-order valence-corrected chi connectivity index (χ2v) is 2.97. The Morgan fingerprint density at radius 3 is 2.20 bits per heavy atom. The SMILES string of the molecule is C1CCN2CCC2C1.CI. The maximum absolute atomic E-state index is 2.61.